The van der Waals surface area contributed by atoms with Crippen molar-refractivity contribution < 1.29 is 33.3 Å². The van der Waals surface area contributed by atoms with E-state index in [2.05, 4.69) is 5.32 Å². The topological polar surface area (TPSA) is 92.3 Å². The highest BCUT2D eigenvalue weighted by molar-refractivity contribution is 6.06. The minimum atomic E-state index is -0.570. The molecule has 0 saturated carbocycles. The molecule has 3 aromatic carbocycles. The fourth-order valence-corrected chi connectivity index (χ4v) is 3.15. The number of hydrogen-bond acceptors (Lipinski definition) is 7. The number of methoxy groups -OCH3 is 4. The molecule has 176 valence electrons. The third kappa shape index (κ3) is 5.86. The monoisotopic (exact) mass is 463 g/mol. The standard InChI is InChI=1S/C26H25NO7/c1-30-21-8-6-5-7-20(21)26(29)27-18-10-12-19(13-11-18)34-24(28)14-9-17-15-22(31-2)25(33-4)23(16-17)32-3/h5-16H,1-4H3,(H,27,29)/b14-9+. The quantitative estimate of drug-likeness (QED) is 0.282. The van der Waals surface area contributed by atoms with E-state index in [9.17, 15) is 9.59 Å². The van der Waals surface area contributed by atoms with Gasteiger partial charge < -0.3 is 29.0 Å². The van der Waals surface area contributed by atoms with Crippen LogP contribution in [0.25, 0.3) is 6.08 Å². The van der Waals surface area contributed by atoms with Crippen LogP contribution in [0.4, 0.5) is 5.69 Å². The maximum atomic E-state index is 12.5. The molecule has 8 heteroatoms. The van der Waals surface area contributed by atoms with Crippen molar-refractivity contribution in [2.24, 2.45) is 0 Å². The molecule has 0 heterocycles. The summed E-state index contributed by atoms with van der Waals surface area (Å²) in [5.41, 5.74) is 1.63. The summed E-state index contributed by atoms with van der Waals surface area (Å²) in [4.78, 5) is 24.8. The van der Waals surface area contributed by atoms with E-state index in [1.807, 2.05) is 0 Å². The molecule has 3 aromatic rings. The predicted molar refractivity (Wildman–Crippen MR) is 128 cm³/mol. The van der Waals surface area contributed by atoms with Crippen molar-refractivity contribution in [2.45, 2.75) is 0 Å². The van der Waals surface area contributed by atoms with Gasteiger partial charge in [0.1, 0.15) is 11.5 Å². The van der Waals surface area contributed by atoms with Crippen molar-refractivity contribution in [1.82, 2.24) is 0 Å². The second kappa shape index (κ2) is 11.4. The first-order valence-corrected chi connectivity index (χ1v) is 10.2. The molecule has 1 N–H and O–H groups in total. The van der Waals surface area contributed by atoms with Crippen LogP contribution in [0.1, 0.15) is 15.9 Å². The average Bonchev–Trinajstić information content (AvgIpc) is 2.87. The zero-order valence-electron chi connectivity index (χ0n) is 19.3. The van der Waals surface area contributed by atoms with Gasteiger partial charge in [0.2, 0.25) is 5.75 Å². The number of carbonyl (C=O) groups is 2. The summed E-state index contributed by atoms with van der Waals surface area (Å²) in [6.07, 6.45) is 2.87. The van der Waals surface area contributed by atoms with Gasteiger partial charge >= 0.3 is 5.97 Å². The Balaban J connectivity index is 1.64. The molecule has 34 heavy (non-hydrogen) atoms. The van der Waals surface area contributed by atoms with Gasteiger partial charge in [-0.15, -0.1) is 0 Å². The highest BCUT2D eigenvalue weighted by atomic mass is 16.5. The number of nitrogens with one attached hydrogen (secondary N) is 1. The van der Waals surface area contributed by atoms with Crippen molar-refractivity contribution in [3.05, 3.63) is 77.9 Å². The highest BCUT2D eigenvalue weighted by Gasteiger charge is 2.13. The predicted octanol–water partition coefficient (Wildman–Crippen LogP) is 4.59. The Morgan fingerprint density at radius 1 is 0.765 bits per heavy atom. The van der Waals surface area contributed by atoms with Gasteiger partial charge in [0.25, 0.3) is 5.91 Å². The number of anilines is 1. The number of benzene rings is 3. The highest BCUT2D eigenvalue weighted by Crippen LogP contribution is 2.38. The molecule has 0 spiro atoms. The minimum Gasteiger partial charge on any atom is -0.496 e. The van der Waals surface area contributed by atoms with Crippen LogP contribution in [0.15, 0.2) is 66.7 Å². The van der Waals surface area contributed by atoms with Crippen LogP contribution < -0.4 is 29.0 Å². The van der Waals surface area contributed by atoms with E-state index in [1.165, 1.54) is 34.5 Å². The maximum absolute atomic E-state index is 12.5. The zero-order valence-corrected chi connectivity index (χ0v) is 19.3. The van der Waals surface area contributed by atoms with Gasteiger partial charge in [-0.2, -0.15) is 0 Å². The van der Waals surface area contributed by atoms with Crippen molar-refractivity contribution in [3.63, 3.8) is 0 Å². The normalized spacial score (nSPS) is 10.5. The van der Waals surface area contributed by atoms with E-state index >= 15 is 0 Å². The van der Waals surface area contributed by atoms with E-state index in [1.54, 1.807) is 66.7 Å². The van der Waals surface area contributed by atoms with Gasteiger partial charge in [-0.1, -0.05) is 12.1 Å². The summed E-state index contributed by atoms with van der Waals surface area (Å²) in [5, 5.41) is 2.78. The number of para-hydroxylation sites is 1. The first-order valence-electron chi connectivity index (χ1n) is 10.2. The first-order chi connectivity index (χ1) is 16.5. The molecule has 0 radical (unpaired) electrons. The number of rotatable bonds is 9. The Bertz CT molecular complexity index is 1160. The van der Waals surface area contributed by atoms with Crippen LogP contribution in [-0.2, 0) is 4.79 Å². The van der Waals surface area contributed by atoms with Crippen LogP contribution in [-0.4, -0.2) is 40.3 Å². The van der Waals surface area contributed by atoms with Gasteiger partial charge in [-0.05, 0) is 60.2 Å². The van der Waals surface area contributed by atoms with Crippen LogP contribution >= 0.6 is 0 Å². The second-order valence-corrected chi connectivity index (χ2v) is 6.89. The van der Waals surface area contributed by atoms with Gasteiger partial charge in [0.15, 0.2) is 11.5 Å². The Hall–Kier alpha value is -4.46. The number of ether oxygens (including phenoxy) is 5. The number of hydrogen-bond donors (Lipinski definition) is 1. The lowest BCUT2D eigenvalue weighted by molar-refractivity contribution is -0.128. The van der Waals surface area contributed by atoms with Crippen molar-refractivity contribution >= 4 is 23.6 Å². The summed E-state index contributed by atoms with van der Waals surface area (Å²) >= 11 is 0. The van der Waals surface area contributed by atoms with E-state index in [4.69, 9.17) is 23.7 Å². The third-order valence-electron chi connectivity index (χ3n) is 4.78. The second-order valence-electron chi connectivity index (χ2n) is 6.89. The Labute approximate surface area is 197 Å². The largest absolute Gasteiger partial charge is 0.496 e. The number of carbonyl (C=O) groups excluding carboxylic acids is 2. The minimum absolute atomic E-state index is 0.310. The fourth-order valence-electron chi connectivity index (χ4n) is 3.15. The lowest BCUT2D eigenvalue weighted by Crippen LogP contribution is -2.13. The van der Waals surface area contributed by atoms with E-state index in [0.717, 1.165) is 0 Å². The Morgan fingerprint density at radius 2 is 1.38 bits per heavy atom. The molecule has 3 rings (SSSR count). The van der Waals surface area contributed by atoms with Crippen molar-refractivity contribution in [3.8, 4) is 28.7 Å². The molecular formula is C26H25NO7. The van der Waals surface area contributed by atoms with Crippen LogP contribution in [0.5, 0.6) is 28.7 Å². The molecule has 0 bridgehead atoms. The molecule has 0 unspecified atom stereocenters. The molecule has 0 saturated heterocycles. The SMILES string of the molecule is COc1ccccc1C(=O)Nc1ccc(OC(=O)/C=C/c2cc(OC)c(OC)c(OC)c2)cc1. The average molecular weight is 463 g/mol. The summed E-state index contributed by atoms with van der Waals surface area (Å²) in [6.45, 7) is 0. The fraction of sp³-hybridized carbons (Fsp3) is 0.154. The van der Waals surface area contributed by atoms with Gasteiger partial charge in [0.05, 0.1) is 34.0 Å². The van der Waals surface area contributed by atoms with Crippen LogP contribution in [0.2, 0.25) is 0 Å². The lowest BCUT2D eigenvalue weighted by atomic mass is 10.1. The molecule has 0 aromatic heterocycles. The molecule has 0 atom stereocenters. The van der Waals surface area contributed by atoms with E-state index in [-0.39, 0.29) is 5.91 Å². The number of esters is 1. The van der Waals surface area contributed by atoms with Crippen molar-refractivity contribution in [2.75, 3.05) is 33.8 Å². The van der Waals surface area contributed by atoms with Crippen molar-refractivity contribution in [1.29, 1.82) is 0 Å². The lowest BCUT2D eigenvalue weighted by Gasteiger charge is -2.12. The molecular weight excluding hydrogens is 438 g/mol. The molecule has 0 aliphatic rings. The Morgan fingerprint density at radius 3 is 1.97 bits per heavy atom. The molecule has 1 amide bonds. The van der Waals surface area contributed by atoms with Gasteiger partial charge in [-0.25, -0.2) is 4.79 Å². The number of amides is 1. The van der Waals surface area contributed by atoms with E-state index in [0.29, 0.717) is 45.6 Å². The molecule has 8 nitrogen and oxygen atoms in total. The summed E-state index contributed by atoms with van der Waals surface area (Å²) in [5.74, 6) is 1.33. The summed E-state index contributed by atoms with van der Waals surface area (Å²) in [7, 11) is 6.05. The third-order valence-corrected chi connectivity index (χ3v) is 4.78. The molecule has 0 fully saturated rings. The zero-order chi connectivity index (χ0) is 24.5. The van der Waals surface area contributed by atoms with Gasteiger partial charge in [0, 0.05) is 11.8 Å². The smallest absolute Gasteiger partial charge is 0.336 e. The van der Waals surface area contributed by atoms with Crippen LogP contribution in [0.3, 0.4) is 0 Å². The Kier molecular flexibility index (Phi) is 8.12. The first kappa shape index (κ1) is 24.2. The summed E-state index contributed by atoms with van der Waals surface area (Å²) < 4.78 is 26.5. The molecule has 0 aliphatic heterocycles. The van der Waals surface area contributed by atoms with Gasteiger partial charge in [-0.3, -0.25) is 4.79 Å². The van der Waals surface area contributed by atoms with E-state index < -0.39 is 5.97 Å². The maximum Gasteiger partial charge on any atom is 0.336 e. The summed E-state index contributed by atoms with van der Waals surface area (Å²) in [6, 6.07) is 16.8. The van der Waals surface area contributed by atoms with Crippen LogP contribution in [0, 0.1) is 0 Å². The molecule has 0 aliphatic carbocycles.